The molecule has 0 saturated carbocycles. The molecule has 0 N–H and O–H groups in total. The average Bonchev–Trinajstić information content (AvgIpc) is 2.29. The first-order valence-electron chi connectivity index (χ1n) is 4.54. The van der Waals surface area contributed by atoms with Crippen molar-refractivity contribution in [3.63, 3.8) is 0 Å². The molecule has 76 valence electrons. The topological polar surface area (TPSA) is 29.0 Å². The summed E-state index contributed by atoms with van der Waals surface area (Å²) >= 11 is 3.33. The van der Waals surface area contributed by atoms with Gasteiger partial charge in [0.25, 0.3) is 0 Å². The standard InChI is InChI=1S/C11H10BrN3/c1-15(9-5-3-2-4-6-9)11-7-10(12)13-8-14-11/h2-8H,1H3. The highest BCUT2D eigenvalue weighted by molar-refractivity contribution is 9.10. The van der Waals surface area contributed by atoms with Crippen molar-refractivity contribution < 1.29 is 0 Å². The molecular formula is C11H10BrN3. The second kappa shape index (κ2) is 4.40. The minimum absolute atomic E-state index is 0.787. The average molecular weight is 264 g/mol. The maximum Gasteiger partial charge on any atom is 0.137 e. The SMILES string of the molecule is CN(c1ccccc1)c1cc(Br)ncn1. The first kappa shape index (κ1) is 10.1. The van der Waals surface area contributed by atoms with Crippen LogP contribution in [0, 0.1) is 0 Å². The van der Waals surface area contributed by atoms with Gasteiger partial charge in [-0.15, -0.1) is 0 Å². The summed E-state index contributed by atoms with van der Waals surface area (Å²) in [4.78, 5) is 10.2. The number of anilines is 2. The quantitative estimate of drug-likeness (QED) is 0.781. The lowest BCUT2D eigenvalue weighted by Gasteiger charge is -2.17. The molecular weight excluding hydrogens is 254 g/mol. The number of aromatic nitrogens is 2. The first-order chi connectivity index (χ1) is 7.27. The number of hydrogen-bond donors (Lipinski definition) is 0. The number of para-hydroxylation sites is 1. The summed E-state index contributed by atoms with van der Waals surface area (Å²) in [6, 6.07) is 12.0. The van der Waals surface area contributed by atoms with E-state index in [0.717, 1.165) is 16.1 Å². The highest BCUT2D eigenvalue weighted by Gasteiger charge is 2.04. The molecule has 0 bridgehead atoms. The van der Waals surface area contributed by atoms with Gasteiger partial charge in [0.2, 0.25) is 0 Å². The number of hydrogen-bond acceptors (Lipinski definition) is 3. The Kier molecular flexibility index (Phi) is 2.97. The van der Waals surface area contributed by atoms with Crippen LogP contribution < -0.4 is 4.90 Å². The van der Waals surface area contributed by atoms with Crippen LogP contribution in [0.4, 0.5) is 11.5 Å². The summed E-state index contributed by atoms with van der Waals surface area (Å²) in [6.07, 6.45) is 1.54. The zero-order valence-electron chi connectivity index (χ0n) is 8.26. The van der Waals surface area contributed by atoms with Gasteiger partial charge >= 0.3 is 0 Å². The lowest BCUT2D eigenvalue weighted by Crippen LogP contribution is -2.10. The van der Waals surface area contributed by atoms with E-state index in [9.17, 15) is 0 Å². The molecule has 0 radical (unpaired) electrons. The Bertz CT molecular complexity index is 445. The van der Waals surface area contributed by atoms with E-state index in [1.54, 1.807) is 6.33 Å². The maximum absolute atomic E-state index is 4.20. The summed E-state index contributed by atoms with van der Waals surface area (Å²) in [5, 5.41) is 0. The Morgan fingerprint density at radius 2 is 1.87 bits per heavy atom. The Labute approximate surface area is 96.9 Å². The van der Waals surface area contributed by atoms with E-state index >= 15 is 0 Å². The molecule has 4 heteroatoms. The van der Waals surface area contributed by atoms with E-state index in [0.29, 0.717) is 0 Å². The van der Waals surface area contributed by atoms with Gasteiger partial charge in [-0.05, 0) is 28.1 Å². The molecule has 2 rings (SSSR count). The number of rotatable bonds is 2. The lowest BCUT2D eigenvalue weighted by molar-refractivity contribution is 1.06. The Balaban J connectivity index is 2.32. The van der Waals surface area contributed by atoms with Gasteiger partial charge in [0.1, 0.15) is 16.7 Å². The molecule has 2 aromatic rings. The van der Waals surface area contributed by atoms with Crippen molar-refractivity contribution in [3.05, 3.63) is 47.3 Å². The second-order valence-electron chi connectivity index (χ2n) is 3.09. The summed E-state index contributed by atoms with van der Waals surface area (Å²) in [5.74, 6) is 0.864. The molecule has 0 aliphatic rings. The highest BCUT2D eigenvalue weighted by Crippen LogP contribution is 2.21. The van der Waals surface area contributed by atoms with Crippen LogP contribution in [-0.4, -0.2) is 17.0 Å². The molecule has 0 atom stereocenters. The number of nitrogens with zero attached hydrogens (tertiary/aromatic N) is 3. The fourth-order valence-corrected chi connectivity index (χ4v) is 1.59. The van der Waals surface area contributed by atoms with Crippen molar-refractivity contribution in [1.29, 1.82) is 0 Å². The van der Waals surface area contributed by atoms with Gasteiger partial charge in [-0.2, -0.15) is 0 Å². The van der Waals surface area contributed by atoms with Crippen LogP contribution in [0.25, 0.3) is 0 Å². The van der Waals surface area contributed by atoms with Crippen molar-refractivity contribution in [2.45, 2.75) is 0 Å². The number of benzene rings is 1. The number of halogens is 1. The summed E-state index contributed by atoms with van der Waals surface area (Å²) in [7, 11) is 1.98. The summed E-state index contributed by atoms with van der Waals surface area (Å²) < 4.78 is 0.787. The zero-order valence-corrected chi connectivity index (χ0v) is 9.85. The molecule has 0 aliphatic heterocycles. The minimum atomic E-state index is 0.787. The van der Waals surface area contributed by atoms with Gasteiger partial charge in [0, 0.05) is 18.8 Å². The fraction of sp³-hybridized carbons (Fsp3) is 0.0909. The van der Waals surface area contributed by atoms with Gasteiger partial charge < -0.3 is 4.90 Å². The third-order valence-corrected chi connectivity index (χ3v) is 2.54. The first-order valence-corrected chi connectivity index (χ1v) is 5.33. The molecule has 0 spiro atoms. The van der Waals surface area contributed by atoms with Crippen LogP contribution in [0.2, 0.25) is 0 Å². The van der Waals surface area contributed by atoms with Crippen LogP contribution >= 0.6 is 15.9 Å². The molecule has 1 aromatic carbocycles. The van der Waals surface area contributed by atoms with E-state index < -0.39 is 0 Å². The molecule has 0 fully saturated rings. The molecule has 1 aromatic heterocycles. The molecule has 3 nitrogen and oxygen atoms in total. The van der Waals surface area contributed by atoms with Crippen LogP contribution in [0.3, 0.4) is 0 Å². The fourth-order valence-electron chi connectivity index (χ4n) is 1.29. The monoisotopic (exact) mass is 263 g/mol. The third-order valence-electron chi connectivity index (χ3n) is 2.11. The molecule has 0 saturated heterocycles. The van der Waals surface area contributed by atoms with Crippen molar-refractivity contribution in [3.8, 4) is 0 Å². The molecule has 0 unspecified atom stereocenters. The molecule has 15 heavy (non-hydrogen) atoms. The van der Waals surface area contributed by atoms with Crippen LogP contribution in [0.5, 0.6) is 0 Å². The zero-order chi connectivity index (χ0) is 10.7. The van der Waals surface area contributed by atoms with Gasteiger partial charge in [0.05, 0.1) is 0 Å². The Morgan fingerprint density at radius 1 is 1.13 bits per heavy atom. The van der Waals surface area contributed by atoms with Crippen molar-refractivity contribution >= 4 is 27.4 Å². The largest absolute Gasteiger partial charge is 0.329 e. The highest BCUT2D eigenvalue weighted by atomic mass is 79.9. The van der Waals surface area contributed by atoms with E-state index in [4.69, 9.17) is 0 Å². The predicted molar refractivity (Wildman–Crippen MR) is 64.2 cm³/mol. The van der Waals surface area contributed by atoms with Crippen LogP contribution in [0.1, 0.15) is 0 Å². The van der Waals surface area contributed by atoms with Gasteiger partial charge in [-0.25, -0.2) is 9.97 Å². The predicted octanol–water partition coefficient (Wildman–Crippen LogP) is 3.01. The van der Waals surface area contributed by atoms with E-state index in [-0.39, 0.29) is 0 Å². The lowest BCUT2D eigenvalue weighted by atomic mass is 10.3. The smallest absolute Gasteiger partial charge is 0.137 e. The van der Waals surface area contributed by atoms with Crippen molar-refractivity contribution in [2.75, 3.05) is 11.9 Å². The Morgan fingerprint density at radius 3 is 2.53 bits per heavy atom. The van der Waals surface area contributed by atoms with E-state index in [1.165, 1.54) is 0 Å². The normalized spacial score (nSPS) is 10.0. The molecule has 0 aliphatic carbocycles. The molecule has 0 amide bonds. The van der Waals surface area contributed by atoms with E-state index in [1.807, 2.05) is 48.3 Å². The van der Waals surface area contributed by atoms with Crippen LogP contribution in [0.15, 0.2) is 47.3 Å². The second-order valence-corrected chi connectivity index (χ2v) is 3.91. The molecule has 1 heterocycles. The minimum Gasteiger partial charge on any atom is -0.329 e. The van der Waals surface area contributed by atoms with Gasteiger partial charge in [0.15, 0.2) is 0 Å². The Hall–Kier alpha value is -1.42. The van der Waals surface area contributed by atoms with Crippen LogP contribution in [-0.2, 0) is 0 Å². The van der Waals surface area contributed by atoms with Crippen molar-refractivity contribution in [2.24, 2.45) is 0 Å². The van der Waals surface area contributed by atoms with E-state index in [2.05, 4.69) is 25.9 Å². The van der Waals surface area contributed by atoms with Gasteiger partial charge in [-0.1, -0.05) is 18.2 Å². The van der Waals surface area contributed by atoms with Gasteiger partial charge in [-0.3, -0.25) is 0 Å². The maximum atomic E-state index is 4.20. The third kappa shape index (κ3) is 2.33. The van der Waals surface area contributed by atoms with Crippen molar-refractivity contribution in [1.82, 2.24) is 9.97 Å². The summed E-state index contributed by atoms with van der Waals surface area (Å²) in [5.41, 5.74) is 1.10. The summed E-state index contributed by atoms with van der Waals surface area (Å²) in [6.45, 7) is 0.